The van der Waals surface area contributed by atoms with Gasteiger partial charge in [0.25, 0.3) is 0 Å². The third-order valence-corrected chi connectivity index (χ3v) is 4.02. The maximum atomic E-state index is 12.4. The molecule has 2 amide bonds. The number of hydrogen-bond donors (Lipinski definition) is 3. The molecule has 1 aliphatic heterocycles. The highest BCUT2D eigenvalue weighted by atomic mass is 16.5. The van der Waals surface area contributed by atoms with Crippen LogP contribution in [-0.2, 0) is 14.3 Å². The molecule has 2 heterocycles. The predicted molar refractivity (Wildman–Crippen MR) is 93.4 cm³/mol. The lowest BCUT2D eigenvalue weighted by atomic mass is 10.0. The van der Waals surface area contributed by atoms with Gasteiger partial charge in [-0.05, 0) is 19.9 Å². The van der Waals surface area contributed by atoms with E-state index < -0.39 is 24.0 Å². The number of esters is 2. The van der Waals surface area contributed by atoms with Crippen LogP contribution in [0.25, 0.3) is 10.9 Å². The number of ether oxygens (including phenoxy) is 2. The highest BCUT2D eigenvalue weighted by Crippen LogP contribution is 2.20. The highest BCUT2D eigenvalue weighted by Gasteiger charge is 2.30. The number of hydrogen-bond acceptors (Lipinski definition) is 5. The van der Waals surface area contributed by atoms with Crippen LogP contribution in [-0.4, -0.2) is 42.2 Å². The lowest BCUT2D eigenvalue weighted by Crippen LogP contribution is -2.50. The number of fused-ring (bicyclic) bond motifs is 1. The van der Waals surface area contributed by atoms with Crippen LogP contribution in [0.2, 0.25) is 0 Å². The summed E-state index contributed by atoms with van der Waals surface area (Å²) in [5.74, 6) is -1.12. The fraction of sp³-hybridized carbons (Fsp3) is 0.278. The van der Waals surface area contributed by atoms with Gasteiger partial charge >= 0.3 is 18.0 Å². The molecule has 0 radical (unpaired) electrons. The summed E-state index contributed by atoms with van der Waals surface area (Å²) in [7, 11) is 0. The second-order valence-electron chi connectivity index (χ2n) is 5.76. The molecular weight excluding hydrogens is 338 g/mol. The summed E-state index contributed by atoms with van der Waals surface area (Å²) in [6.45, 7) is 3.30. The molecule has 0 fully saturated rings. The van der Waals surface area contributed by atoms with Crippen molar-refractivity contribution in [1.29, 1.82) is 0 Å². The zero-order valence-corrected chi connectivity index (χ0v) is 14.4. The van der Waals surface area contributed by atoms with Crippen molar-refractivity contribution < 1.29 is 23.9 Å². The number of rotatable bonds is 5. The third-order valence-electron chi connectivity index (χ3n) is 4.02. The number of aromatic amines is 1. The van der Waals surface area contributed by atoms with Crippen LogP contribution in [0.3, 0.4) is 0 Å². The van der Waals surface area contributed by atoms with Crippen molar-refractivity contribution >= 4 is 28.9 Å². The molecule has 8 heteroatoms. The van der Waals surface area contributed by atoms with Gasteiger partial charge in [-0.15, -0.1) is 0 Å². The molecule has 3 N–H and O–H groups in total. The number of aromatic nitrogens is 1. The fourth-order valence-corrected chi connectivity index (χ4v) is 2.85. The molecule has 3 rings (SSSR count). The molecule has 8 nitrogen and oxygen atoms in total. The molecule has 0 saturated heterocycles. The van der Waals surface area contributed by atoms with Crippen LogP contribution in [0, 0.1) is 0 Å². The van der Waals surface area contributed by atoms with Gasteiger partial charge < -0.3 is 25.1 Å². The Kier molecular flexibility index (Phi) is 4.92. The SMILES string of the molecule is CCOC(=O)C1=C(COC(=O)c2c[nH]c3ccccc23)NC(=O)N[C@@H]1C. The lowest BCUT2D eigenvalue weighted by Gasteiger charge is -2.26. The minimum atomic E-state index is -0.564. The van der Waals surface area contributed by atoms with Crippen molar-refractivity contribution in [2.75, 3.05) is 13.2 Å². The van der Waals surface area contributed by atoms with Gasteiger partial charge in [0.15, 0.2) is 0 Å². The van der Waals surface area contributed by atoms with E-state index in [1.165, 1.54) is 0 Å². The minimum absolute atomic E-state index is 0.200. The second kappa shape index (κ2) is 7.30. The van der Waals surface area contributed by atoms with E-state index in [-0.39, 0.29) is 24.5 Å². The largest absolute Gasteiger partial charge is 0.463 e. The molecule has 0 unspecified atom stereocenters. The van der Waals surface area contributed by atoms with Crippen LogP contribution in [0.5, 0.6) is 0 Å². The average Bonchev–Trinajstić information content (AvgIpc) is 3.03. The first-order valence-electron chi connectivity index (χ1n) is 8.22. The van der Waals surface area contributed by atoms with Gasteiger partial charge in [-0.3, -0.25) is 0 Å². The zero-order chi connectivity index (χ0) is 18.7. The average molecular weight is 357 g/mol. The van der Waals surface area contributed by atoms with Gasteiger partial charge in [0, 0.05) is 17.1 Å². The molecule has 1 aromatic carbocycles. The van der Waals surface area contributed by atoms with E-state index in [4.69, 9.17) is 9.47 Å². The van der Waals surface area contributed by atoms with E-state index in [0.717, 1.165) is 10.9 Å². The monoisotopic (exact) mass is 357 g/mol. The number of para-hydroxylation sites is 1. The maximum Gasteiger partial charge on any atom is 0.340 e. The van der Waals surface area contributed by atoms with Crippen LogP contribution in [0.4, 0.5) is 4.79 Å². The van der Waals surface area contributed by atoms with Crippen molar-refractivity contribution in [3.05, 3.63) is 47.3 Å². The van der Waals surface area contributed by atoms with Crippen molar-refractivity contribution in [3.63, 3.8) is 0 Å². The van der Waals surface area contributed by atoms with Crippen LogP contribution in [0.1, 0.15) is 24.2 Å². The summed E-state index contributed by atoms with van der Waals surface area (Å²) in [6.07, 6.45) is 1.57. The minimum Gasteiger partial charge on any atom is -0.463 e. The van der Waals surface area contributed by atoms with Gasteiger partial charge in [-0.25, -0.2) is 14.4 Å². The molecule has 1 aliphatic rings. The number of benzene rings is 1. The number of H-pyrrole nitrogens is 1. The second-order valence-corrected chi connectivity index (χ2v) is 5.76. The molecule has 0 saturated carbocycles. The molecular formula is C18H19N3O5. The van der Waals surface area contributed by atoms with Gasteiger partial charge in [-0.2, -0.15) is 0 Å². The van der Waals surface area contributed by atoms with E-state index in [1.54, 1.807) is 26.1 Å². The van der Waals surface area contributed by atoms with Crippen molar-refractivity contribution in [2.24, 2.45) is 0 Å². The van der Waals surface area contributed by atoms with Crippen molar-refractivity contribution in [3.8, 4) is 0 Å². The van der Waals surface area contributed by atoms with E-state index >= 15 is 0 Å². The summed E-state index contributed by atoms with van der Waals surface area (Å²) in [5, 5.41) is 5.84. The molecule has 0 bridgehead atoms. The number of urea groups is 1. The quantitative estimate of drug-likeness (QED) is 0.708. The Morgan fingerprint density at radius 2 is 1.92 bits per heavy atom. The molecule has 1 atom stereocenters. The Balaban J connectivity index is 1.81. The first kappa shape index (κ1) is 17.5. The first-order valence-corrected chi connectivity index (χ1v) is 8.22. The van der Waals surface area contributed by atoms with Crippen molar-refractivity contribution in [2.45, 2.75) is 19.9 Å². The summed E-state index contributed by atoms with van der Waals surface area (Å²) in [6, 6.07) is 6.31. The number of carbonyl (C=O) groups is 3. The van der Waals surface area contributed by atoms with E-state index in [1.807, 2.05) is 18.2 Å². The predicted octanol–water partition coefficient (Wildman–Crippen LogP) is 1.84. The summed E-state index contributed by atoms with van der Waals surface area (Å²) in [5.41, 5.74) is 1.65. The summed E-state index contributed by atoms with van der Waals surface area (Å²) >= 11 is 0. The summed E-state index contributed by atoms with van der Waals surface area (Å²) < 4.78 is 10.3. The van der Waals surface area contributed by atoms with E-state index in [2.05, 4.69) is 15.6 Å². The third kappa shape index (κ3) is 3.39. The van der Waals surface area contributed by atoms with Crippen LogP contribution in [0.15, 0.2) is 41.7 Å². The first-order chi connectivity index (χ1) is 12.5. The maximum absolute atomic E-state index is 12.4. The number of amides is 2. The topological polar surface area (TPSA) is 110 Å². The Morgan fingerprint density at radius 1 is 1.15 bits per heavy atom. The number of carbonyl (C=O) groups excluding carboxylic acids is 3. The van der Waals surface area contributed by atoms with Gasteiger partial charge in [0.2, 0.25) is 0 Å². The fourth-order valence-electron chi connectivity index (χ4n) is 2.85. The van der Waals surface area contributed by atoms with Gasteiger partial charge in [0.05, 0.1) is 29.5 Å². The Labute approximate surface area is 149 Å². The molecule has 136 valence electrons. The molecule has 26 heavy (non-hydrogen) atoms. The number of nitrogens with one attached hydrogen (secondary N) is 3. The normalized spacial score (nSPS) is 16.8. The van der Waals surface area contributed by atoms with Gasteiger partial charge in [-0.1, -0.05) is 18.2 Å². The van der Waals surface area contributed by atoms with Crippen molar-refractivity contribution in [1.82, 2.24) is 15.6 Å². The lowest BCUT2D eigenvalue weighted by molar-refractivity contribution is -0.139. The highest BCUT2D eigenvalue weighted by molar-refractivity contribution is 6.04. The summed E-state index contributed by atoms with van der Waals surface area (Å²) in [4.78, 5) is 39.3. The van der Waals surface area contributed by atoms with Crippen LogP contribution < -0.4 is 10.6 Å². The Morgan fingerprint density at radius 3 is 2.69 bits per heavy atom. The zero-order valence-electron chi connectivity index (χ0n) is 14.4. The van der Waals surface area contributed by atoms with E-state index in [9.17, 15) is 14.4 Å². The Bertz CT molecular complexity index is 899. The van der Waals surface area contributed by atoms with E-state index in [0.29, 0.717) is 5.56 Å². The standard InChI is InChI=1S/C18H19N3O5/c1-3-25-17(23)15-10(2)20-18(24)21-14(15)9-26-16(22)12-8-19-13-7-5-4-6-11(12)13/h4-8,10,19H,3,9H2,1-2H3,(H2,20,21,24)/t10-/m1/s1. The smallest absolute Gasteiger partial charge is 0.340 e. The van der Waals surface area contributed by atoms with Gasteiger partial charge in [0.1, 0.15) is 6.61 Å². The molecule has 0 aliphatic carbocycles. The molecule has 1 aromatic heterocycles. The molecule has 2 aromatic rings. The molecule has 0 spiro atoms. The Hall–Kier alpha value is -3.29. The van der Waals surface area contributed by atoms with Crippen LogP contribution >= 0.6 is 0 Å².